The lowest BCUT2D eigenvalue weighted by Crippen LogP contribution is -2.35. The molecule has 5 rings (SSSR count). The van der Waals surface area contributed by atoms with Crippen molar-refractivity contribution in [3.63, 3.8) is 0 Å². The van der Waals surface area contributed by atoms with Crippen molar-refractivity contribution in [2.45, 2.75) is 13.5 Å². The number of rotatable bonds is 6. The van der Waals surface area contributed by atoms with Crippen molar-refractivity contribution in [2.24, 2.45) is 0 Å². The molecule has 0 atom stereocenters. The molecule has 3 aromatic heterocycles. The van der Waals surface area contributed by atoms with Gasteiger partial charge in [0.1, 0.15) is 5.75 Å². The van der Waals surface area contributed by atoms with Gasteiger partial charge in [-0.3, -0.25) is 4.90 Å². The number of benzene rings is 1. The monoisotopic (exact) mass is 418 g/mol. The maximum atomic E-state index is 5.64. The van der Waals surface area contributed by atoms with Gasteiger partial charge >= 0.3 is 0 Å². The van der Waals surface area contributed by atoms with Crippen molar-refractivity contribution in [1.29, 1.82) is 0 Å². The maximum absolute atomic E-state index is 5.64. The summed E-state index contributed by atoms with van der Waals surface area (Å²) in [5, 5.41) is 3.50. The van der Waals surface area contributed by atoms with E-state index in [1.54, 1.807) is 13.4 Å². The summed E-state index contributed by atoms with van der Waals surface area (Å²) in [7, 11) is 1.68. The fraction of sp³-hybridized carbons (Fsp3) is 0.304. The van der Waals surface area contributed by atoms with Crippen LogP contribution in [0.4, 0.5) is 11.4 Å². The van der Waals surface area contributed by atoms with E-state index in [0.29, 0.717) is 0 Å². The van der Waals surface area contributed by atoms with Gasteiger partial charge < -0.3 is 23.8 Å². The molecule has 160 valence electrons. The Bertz CT molecular complexity index is 1190. The molecule has 0 spiro atoms. The van der Waals surface area contributed by atoms with Gasteiger partial charge in [-0.1, -0.05) is 0 Å². The Kier molecular flexibility index (Phi) is 5.31. The number of anilines is 2. The average Bonchev–Trinajstić information content (AvgIpc) is 3.40. The van der Waals surface area contributed by atoms with Gasteiger partial charge in [0.25, 0.3) is 0 Å². The number of ether oxygens (including phenoxy) is 2. The highest BCUT2D eigenvalue weighted by Gasteiger charge is 2.14. The lowest BCUT2D eigenvalue weighted by atomic mass is 10.2. The minimum atomic E-state index is 0.769. The number of aryl methyl sites for hydroxylation is 1. The Morgan fingerprint density at radius 2 is 2.03 bits per heavy atom. The quantitative estimate of drug-likeness (QED) is 0.518. The highest BCUT2D eigenvalue weighted by Crippen LogP contribution is 2.29. The van der Waals surface area contributed by atoms with E-state index in [-0.39, 0.29) is 0 Å². The summed E-state index contributed by atoms with van der Waals surface area (Å²) in [6, 6.07) is 10.1. The largest absolute Gasteiger partial charge is 0.494 e. The van der Waals surface area contributed by atoms with Crippen molar-refractivity contribution in [1.82, 2.24) is 23.8 Å². The Balaban J connectivity index is 1.40. The van der Waals surface area contributed by atoms with Crippen molar-refractivity contribution in [3.05, 3.63) is 66.6 Å². The van der Waals surface area contributed by atoms with Gasteiger partial charge in [-0.15, -0.1) is 0 Å². The molecule has 8 heteroatoms. The smallest absolute Gasteiger partial charge is 0.160 e. The number of hydrogen-bond acceptors (Lipinski definition) is 6. The molecule has 1 aliphatic rings. The molecule has 0 aliphatic carbocycles. The molecule has 1 aliphatic heterocycles. The van der Waals surface area contributed by atoms with E-state index in [4.69, 9.17) is 14.5 Å². The van der Waals surface area contributed by atoms with E-state index in [1.807, 2.05) is 54.2 Å². The molecule has 4 aromatic rings. The van der Waals surface area contributed by atoms with Gasteiger partial charge in [0.2, 0.25) is 0 Å². The number of nitrogens with zero attached hydrogens (tertiary/aromatic N) is 5. The minimum absolute atomic E-state index is 0.769. The summed E-state index contributed by atoms with van der Waals surface area (Å²) >= 11 is 0. The first-order valence-electron chi connectivity index (χ1n) is 10.4. The van der Waals surface area contributed by atoms with E-state index in [2.05, 4.69) is 25.8 Å². The summed E-state index contributed by atoms with van der Waals surface area (Å²) in [6.07, 6.45) is 7.90. The molecule has 0 amide bonds. The van der Waals surface area contributed by atoms with E-state index in [1.165, 1.54) is 0 Å². The lowest BCUT2D eigenvalue weighted by Gasteiger charge is -2.25. The molecule has 8 nitrogen and oxygen atoms in total. The van der Waals surface area contributed by atoms with Crippen LogP contribution in [0.2, 0.25) is 0 Å². The molecule has 1 aromatic carbocycles. The maximum Gasteiger partial charge on any atom is 0.160 e. The van der Waals surface area contributed by atoms with Crippen LogP contribution in [0.3, 0.4) is 0 Å². The van der Waals surface area contributed by atoms with E-state index in [0.717, 1.165) is 72.7 Å². The molecule has 1 saturated heterocycles. The van der Waals surface area contributed by atoms with Crippen LogP contribution in [0.1, 0.15) is 11.4 Å². The van der Waals surface area contributed by atoms with E-state index in [9.17, 15) is 0 Å². The summed E-state index contributed by atoms with van der Waals surface area (Å²) in [6.45, 7) is 6.27. The topological polar surface area (TPSA) is 68.8 Å². The summed E-state index contributed by atoms with van der Waals surface area (Å²) in [4.78, 5) is 11.6. The first kappa shape index (κ1) is 19.6. The zero-order valence-electron chi connectivity index (χ0n) is 17.8. The Morgan fingerprint density at radius 3 is 2.81 bits per heavy atom. The Morgan fingerprint density at radius 1 is 1.16 bits per heavy atom. The zero-order valence-corrected chi connectivity index (χ0v) is 17.8. The number of nitrogens with one attached hydrogen (secondary N) is 1. The van der Waals surface area contributed by atoms with Crippen LogP contribution in [0.15, 0.2) is 55.2 Å². The van der Waals surface area contributed by atoms with Gasteiger partial charge in [0.05, 0.1) is 49.4 Å². The standard InChI is InChI=1S/C23H26N6O2/c1-17-13-29(16-24-17)21-6-5-18(12-22(21)30-2)25-20-4-3-7-28-15-19(26-23(20)28)14-27-8-10-31-11-9-27/h3-7,12-13,15-16,25H,8-11,14H2,1-2H3. The highest BCUT2D eigenvalue weighted by molar-refractivity contribution is 5.75. The molecule has 0 radical (unpaired) electrons. The number of fused-ring (bicyclic) bond motifs is 1. The first-order chi connectivity index (χ1) is 15.2. The second kappa shape index (κ2) is 8.41. The molecule has 0 bridgehead atoms. The third-order valence-electron chi connectivity index (χ3n) is 5.47. The molecule has 31 heavy (non-hydrogen) atoms. The predicted molar refractivity (Wildman–Crippen MR) is 119 cm³/mol. The number of imidazole rings is 2. The predicted octanol–water partition coefficient (Wildman–Crippen LogP) is 3.41. The minimum Gasteiger partial charge on any atom is -0.494 e. The number of morpholine rings is 1. The van der Waals surface area contributed by atoms with Gasteiger partial charge in [-0.05, 0) is 31.2 Å². The molecular formula is C23H26N6O2. The van der Waals surface area contributed by atoms with Gasteiger partial charge in [0.15, 0.2) is 5.65 Å². The van der Waals surface area contributed by atoms with Crippen molar-refractivity contribution < 1.29 is 9.47 Å². The van der Waals surface area contributed by atoms with Gasteiger partial charge in [-0.2, -0.15) is 0 Å². The van der Waals surface area contributed by atoms with Crippen LogP contribution in [0, 0.1) is 6.92 Å². The molecule has 1 N–H and O–H groups in total. The second-order valence-corrected chi connectivity index (χ2v) is 7.71. The molecule has 0 unspecified atom stereocenters. The summed E-state index contributed by atoms with van der Waals surface area (Å²) in [5.41, 5.74) is 5.74. The summed E-state index contributed by atoms with van der Waals surface area (Å²) < 4.78 is 15.1. The highest BCUT2D eigenvalue weighted by atomic mass is 16.5. The molecule has 1 fully saturated rings. The SMILES string of the molecule is COc1cc(Nc2cccn3cc(CN4CCOCC4)nc23)ccc1-n1cnc(C)c1. The van der Waals surface area contributed by atoms with E-state index < -0.39 is 0 Å². The van der Waals surface area contributed by atoms with Crippen LogP contribution in [-0.4, -0.2) is 57.2 Å². The van der Waals surface area contributed by atoms with E-state index >= 15 is 0 Å². The fourth-order valence-corrected chi connectivity index (χ4v) is 3.90. The number of methoxy groups -OCH3 is 1. The third kappa shape index (κ3) is 4.12. The number of pyridine rings is 1. The van der Waals surface area contributed by atoms with Crippen LogP contribution in [-0.2, 0) is 11.3 Å². The number of aromatic nitrogens is 4. The van der Waals surface area contributed by atoms with Crippen LogP contribution in [0.25, 0.3) is 11.3 Å². The van der Waals surface area contributed by atoms with Crippen LogP contribution >= 0.6 is 0 Å². The van der Waals surface area contributed by atoms with Crippen LogP contribution in [0.5, 0.6) is 5.75 Å². The fourth-order valence-electron chi connectivity index (χ4n) is 3.90. The third-order valence-corrected chi connectivity index (χ3v) is 5.47. The molecular weight excluding hydrogens is 392 g/mol. The normalized spacial score (nSPS) is 14.8. The van der Waals surface area contributed by atoms with Crippen molar-refractivity contribution in [2.75, 3.05) is 38.7 Å². The zero-order chi connectivity index (χ0) is 21.2. The average molecular weight is 419 g/mol. The number of hydrogen-bond donors (Lipinski definition) is 1. The van der Waals surface area contributed by atoms with Gasteiger partial charge in [-0.25, -0.2) is 9.97 Å². The van der Waals surface area contributed by atoms with Crippen LogP contribution < -0.4 is 10.1 Å². The summed E-state index contributed by atoms with van der Waals surface area (Å²) in [5.74, 6) is 0.769. The lowest BCUT2D eigenvalue weighted by molar-refractivity contribution is 0.0337. The Hall–Kier alpha value is -3.36. The van der Waals surface area contributed by atoms with Crippen molar-refractivity contribution >= 4 is 17.0 Å². The first-order valence-corrected chi connectivity index (χ1v) is 10.4. The second-order valence-electron chi connectivity index (χ2n) is 7.71. The Labute approximate surface area is 181 Å². The van der Waals surface area contributed by atoms with Crippen molar-refractivity contribution in [3.8, 4) is 11.4 Å². The molecule has 4 heterocycles. The molecule has 0 saturated carbocycles. The van der Waals surface area contributed by atoms with Gasteiger partial charge in [0, 0.05) is 50.0 Å².